The Morgan fingerprint density at radius 2 is 1.77 bits per heavy atom. The molecule has 0 heterocycles. The number of aryl methyl sites for hydroxylation is 1. The zero-order valence-corrected chi connectivity index (χ0v) is 27.1. The van der Waals surface area contributed by atoms with Gasteiger partial charge in [0.1, 0.15) is 18.3 Å². The molecule has 44 heavy (non-hydrogen) atoms. The molecule has 0 aliphatic heterocycles. The van der Waals surface area contributed by atoms with Crippen molar-refractivity contribution >= 4 is 56.4 Å². The maximum Gasteiger partial charge on any atom is 0.273 e. The zero-order chi connectivity index (χ0) is 32.6. The highest BCUT2D eigenvalue weighted by Crippen LogP contribution is 2.36. The summed E-state index contributed by atoms with van der Waals surface area (Å²) in [5.74, 6) is -1.05. The lowest BCUT2D eigenvalue weighted by molar-refractivity contribution is -0.385. The lowest BCUT2D eigenvalue weighted by atomic mass is 10.1. The second-order valence-corrected chi connectivity index (χ2v) is 12.6. The molecular formula is C30H34Cl2N4O7S. The molecule has 0 saturated carbocycles. The number of halogens is 2. The summed E-state index contributed by atoms with van der Waals surface area (Å²) in [7, 11) is -3.31. The molecule has 3 rings (SSSR count). The molecule has 1 N–H and O–H groups in total. The first-order valence-corrected chi connectivity index (χ1v) is 16.0. The lowest BCUT2D eigenvalue weighted by Crippen LogP contribution is -2.52. The molecule has 0 saturated heterocycles. The normalized spacial score (nSPS) is 11.9. The van der Waals surface area contributed by atoms with Gasteiger partial charge in [-0.25, -0.2) is 8.42 Å². The Labute approximate surface area is 266 Å². The maximum absolute atomic E-state index is 14.2. The van der Waals surface area contributed by atoms with E-state index in [0.29, 0.717) is 23.6 Å². The number of sulfonamides is 1. The minimum Gasteiger partial charge on any atom is -0.495 e. The molecule has 0 spiro atoms. The number of amides is 2. The number of hydrogen-bond acceptors (Lipinski definition) is 7. The number of nitro groups is 1. The smallest absolute Gasteiger partial charge is 0.273 e. The van der Waals surface area contributed by atoms with Gasteiger partial charge in [-0.3, -0.25) is 24.0 Å². The van der Waals surface area contributed by atoms with Crippen LogP contribution in [0.2, 0.25) is 10.0 Å². The summed E-state index contributed by atoms with van der Waals surface area (Å²) in [4.78, 5) is 39.3. The number of anilines is 1. The molecule has 3 aromatic carbocycles. The van der Waals surface area contributed by atoms with Crippen molar-refractivity contribution in [3.05, 3.63) is 92.0 Å². The van der Waals surface area contributed by atoms with Crippen LogP contribution in [0.15, 0.2) is 65.6 Å². The second kappa shape index (κ2) is 15.2. The Hall–Kier alpha value is -3.87. The minimum absolute atomic E-state index is 0.0715. The van der Waals surface area contributed by atoms with Crippen LogP contribution >= 0.6 is 23.2 Å². The number of nitro benzene ring substituents is 1. The average molecular weight is 666 g/mol. The Morgan fingerprint density at radius 1 is 1.07 bits per heavy atom. The quantitative estimate of drug-likeness (QED) is 0.171. The first kappa shape index (κ1) is 34.6. The van der Waals surface area contributed by atoms with Crippen LogP contribution in [0.5, 0.6) is 5.75 Å². The van der Waals surface area contributed by atoms with E-state index in [2.05, 4.69) is 5.32 Å². The first-order chi connectivity index (χ1) is 20.8. The van der Waals surface area contributed by atoms with E-state index in [1.54, 1.807) is 31.2 Å². The van der Waals surface area contributed by atoms with E-state index < -0.39 is 49.9 Å². The molecule has 3 aromatic rings. The van der Waals surface area contributed by atoms with Gasteiger partial charge in [0.15, 0.2) is 0 Å². The van der Waals surface area contributed by atoms with Gasteiger partial charge >= 0.3 is 0 Å². The zero-order valence-electron chi connectivity index (χ0n) is 24.7. The topological polar surface area (TPSA) is 139 Å². The van der Waals surface area contributed by atoms with Gasteiger partial charge in [0.05, 0.1) is 22.6 Å². The van der Waals surface area contributed by atoms with Crippen LogP contribution < -0.4 is 14.4 Å². The highest BCUT2D eigenvalue weighted by Gasteiger charge is 2.35. The van der Waals surface area contributed by atoms with Gasteiger partial charge in [-0.15, -0.1) is 0 Å². The summed E-state index contributed by atoms with van der Waals surface area (Å²) in [5.41, 5.74) is 0.326. The van der Waals surface area contributed by atoms with Crippen molar-refractivity contribution in [2.24, 2.45) is 0 Å². The van der Waals surface area contributed by atoms with Gasteiger partial charge in [-0.2, -0.15) is 0 Å². The van der Waals surface area contributed by atoms with Crippen molar-refractivity contribution in [2.45, 2.75) is 51.1 Å². The van der Waals surface area contributed by atoms with E-state index in [1.807, 2.05) is 6.92 Å². The average Bonchev–Trinajstić information content (AvgIpc) is 2.99. The van der Waals surface area contributed by atoms with Gasteiger partial charge in [0.25, 0.3) is 15.7 Å². The summed E-state index contributed by atoms with van der Waals surface area (Å²) in [5, 5.41) is 15.0. The summed E-state index contributed by atoms with van der Waals surface area (Å²) in [6, 6.07) is 13.6. The fourth-order valence-corrected chi connectivity index (χ4v) is 6.34. The summed E-state index contributed by atoms with van der Waals surface area (Å²) < 4.78 is 34.6. The predicted molar refractivity (Wildman–Crippen MR) is 170 cm³/mol. The fourth-order valence-electron chi connectivity index (χ4n) is 4.54. The number of ether oxygens (including phenoxy) is 1. The Kier molecular flexibility index (Phi) is 12.0. The van der Waals surface area contributed by atoms with E-state index in [-0.39, 0.29) is 35.0 Å². The van der Waals surface area contributed by atoms with E-state index in [9.17, 15) is 28.1 Å². The highest BCUT2D eigenvalue weighted by atomic mass is 35.5. The molecule has 0 aliphatic rings. The standard InChI is InChI=1S/C30H34Cl2N4O7S/c1-5-15-33-30(38)25(6-2)34(18-21-9-7-8-10-24(21)32)29(37)19-35(27-16-22(31)12-14-28(27)43-4)44(41,42)23-13-11-20(3)26(17-23)36(39)40/h7-14,16-17,25H,5-6,15,18-19H2,1-4H3,(H,33,38). The van der Waals surface area contributed by atoms with Crippen LogP contribution in [0.3, 0.4) is 0 Å². The molecule has 2 amide bonds. The van der Waals surface area contributed by atoms with Crippen molar-refractivity contribution in [3.8, 4) is 5.75 Å². The van der Waals surface area contributed by atoms with Gasteiger partial charge in [-0.1, -0.05) is 61.3 Å². The molecule has 0 aliphatic carbocycles. The minimum atomic E-state index is -4.64. The van der Waals surface area contributed by atoms with Gasteiger partial charge in [0, 0.05) is 34.8 Å². The van der Waals surface area contributed by atoms with E-state index >= 15 is 0 Å². The number of nitrogens with zero attached hydrogens (tertiary/aromatic N) is 3. The molecule has 0 radical (unpaired) electrons. The van der Waals surface area contributed by atoms with Crippen molar-refractivity contribution in [1.29, 1.82) is 0 Å². The van der Waals surface area contributed by atoms with Gasteiger partial charge in [0.2, 0.25) is 11.8 Å². The monoisotopic (exact) mass is 664 g/mol. The van der Waals surface area contributed by atoms with Crippen LogP contribution in [0.25, 0.3) is 0 Å². The number of carbonyl (C=O) groups excluding carboxylic acids is 2. The molecule has 0 bridgehead atoms. The van der Waals surface area contributed by atoms with Crippen molar-refractivity contribution in [3.63, 3.8) is 0 Å². The summed E-state index contributed by atoms with van der Waals surface area (Å²) >= 11 is 12.7. The number of hydrogen-bond donors (Lipinski definition) is 1. The van der Waals surface area contributed by atoms with Crippen LogP contribution in [-0.2, 0) is 26.2 Å². The van der Waals surface area contributed by atoms with Crippen LogP contribution in [-0.4, -0.2) is 56.3 Å². The van der Waals surface area contributed by atoms with Gasteiger partial charge in [-0.05, 0) is 55.7 Å². The van der Waals surface area contributed by atoms with Crippen LogP contribution in [0.4, 0.5) is 11.4 Å². The van der Waals surface area contributed by atoms with E-state index in [4.69, 9.17) is 27.9 Å². The largest absolute Gasteiger partial charge is 0.495 e. The van der Waals surface area contributed by atoms with Crippen LogP contribution in [0, 0.1) is 17.0 Å². The van der Waals surface area contributed by atoms with Gasteiger partial charge < -0.3 is 15.0 Å². The van der Waals surface area contributed by atoms with Crippen molar-refractivity contribution in [2.75, 3.05) is 24.5 Å². The molecular weight excluding hydrogens is 631 g/mol. The van der Waals surface area contributed by atoms with E-state index in [1.165, 1.54) is 49.3 Å². The maximum atomic E-state index is 14.2. The number of rotatable bonds is 14. The first-order valence-electron chi connectivity index (χ1n) is 13.8. The third kappa shape index (κ3) is 7.99. The van der Waals surface area contributed by atoms with Crippen molar-refractivity contribution in [1.82, 2.24) is 10.2 Å². The Balaban J connectivity index is 2.19. The molecule has 0 fully saturated rings. The lowest BCUT2D eigenvalue weighted by Gasteiger charge is -2.33. The molecule has 11 nitrogen and oxygen atoms in total. The SMILES string of the molecule is CCCNC(=O)C(CC)N(Cc1ccccc1Cl)C(=O)CN(c1cc(Cl)ccc1OC)S(=O)(=O)c1ccc(C)c([N+](=O)[O-])c1. The number of benzene rings is 3. The van der Waals surface area contributed by atoms with Crippen molar-refractivity contribution < 1.29 is 27.7 Å². The van der Waals surface area contributed by atoms with Crippen LogP contribution in [0.1, 0.15) is 37.8 Å². The Morgan fingerprint density at radius 3 is 2.39 bits per heavy atom. The summed E-state index contributed by atoms with van der Waals surface area (Å²) in [6.45, 7) is 4.62. The molecule has 1 atom stereocenters. The third-order valence-corrected chi connectivity index (χ3v) is 9.25. The number of nitrogens with one attached hydrogen (secondary N) is 1. The third-order valence-electron chi connectivity index (χ3n) is 6.89. The highest BCUT2D eigenvalue weighted by molar-refractivity contribution is 7.92. The molecule has 0 aromatic heterocycles. The Bertz CT molecular complexity index is 1640. The summed E-state index contributed by atoms with van der Waals surface area (Å²) in [6.07, 6.45) is 0.896. The molecule has 236 valence electrons. The predicted octanol–water partition coefficient (Wildman–Crippen LogP) is 5.75. The van der Waals surface area contributed by atoms with E-state index in [0.717, 1.165) is 10.4 Å². The molecule has 14 heteroatoms. The number of carbonyl (C=O) groups is 2. The second-order valence-electron chi connectivity index (χ2n) is 9.86. The molecule has 1 unspecified atom stereocenters. The number of methoxy groups -OCH3 is 1. The fraction of sp³-hybridized carbons (Fsp3) is 0.333.